The van der Waals surface area contributed by atoms with E-state index in [0.717, 1.165) is 37.3 Å². The van der Waals surface area contributed by atoms with Crippen molar-refractivity contribution < 1.29 is 4.79 Å². The summed E-state index contributed by atoms with van der Waals surface area (Å²) in [5.41, 5.74) is 1.69. The van der Waals surface area contributed by atoms with Crippen LogP contribution in [0, 0.1) is 12.8 Å². The molecule has 1 aromatic heterocycles. The Morgan fingerprint density at radius 3 is 2.87 bits per heavy atom. The summed E-state index contributed by atoms with van der Waals surface area (Å²) in [6.45, 7) is 3.76. The Morgan fingerprint density at radius 1 is 1.53 bits per heavy atom. The van der Waals surface area contributed by atoms with Crippen molar-refractivity contribution in [3.63, 3.8) is 0 Å². The van der Waals surface area contributed by atoms with E-state index in [0.29, 0.717) is 0 Å². The number of H-pyrrole nitrogens is 1. The molecule has 0 aromatic carbocycles. The van der Waals surface area contributed by atoms with E-state index in [9.17, 15) is 4.79 Å². The van der Waals surface area contributed by atoms with E-state index in [2.05, 4.69) is 20.8 Å². The molecule has 1 amide bonds. The predicted octanol–water partition coefficient (Wildman–Crippen LogP) is 0.656. The van der Waals surface area contributed by atoms with Gasteiger partial charge in [0, 0.05) is 5.92 Å². The highest BCUT2D eigenvalue weighted by Gasteiger charge is 2.21. The fraction of sp³-hybridized carbons (Fsp3) is 0.600. The minimum absolute atomic E-state index is 0.112. The number of carbonyl (C=O) groups is 1. The molecule has 82 valence electrons. The number of hydrogen-bond donors (Lipinski definition) is 3. The third-order valence-electron chi connectivity index (χ3n) is 2.80. The Labute approximate surface area is 88.6 Å². The minimum Gasteiger partial charge on any atom is -0.323 e. The summed E-state index contributed by atoms with van der Waals surface area (Å²) < 4.78 is 0. The number of nitrogens with one attached hydrogen (secondary N) is 3. The van der Waals surface area contributed by atoms with Gasteiger partial charge < -0.3 is 10.6 Å². The van der Waals surface area contributed by atoms with E-state index < -0.39 is 0 Å². The topological polar surface area (TPSA) is 69.8 Å². The molecule has 0 spiro atoms. The monoisotopic (exact) mass is 208 g/mol. The van der Waals surface area contributed by atoms with Crippen LogP contribution >= 0.6 is 0 Å². The summed E-state index contributed by atoms with van der Waals surface area (Å²) >= 11 is 0. The minimum atomic E-state index is 0.112. The molecule has 1 fully saturated rings. The Morgan fingerprint density at radius 2 is 2.27 bits per heavy atom. The average Bonchev–Trinajstić information content (AvgIpc) is 2.66. The van der Waals surface area contributed by atoms with Crippen molar-refractivity contribution >= 4 is 11.6 Å². The Balaban J connectivity index is 1.94. The van der Waals surface area contributed by atoms with Crippen molar-refractivity contribution in [3.8, 4) is 0 Å². The number of amides is 1. The van der Waals surface area contributed by atoms with Crippen molar-refractivity contribution in [2.75, 3.05) is 18.4 Å². The third kappa shape index (κ3) is 2.36. The fourth-order valence-corrected chi connectivity index (χ4v) is 1.80. The Hall–Kier alpha value is -1.36. The van der Waals surface area contributed by atoms with Crippen LogP contribution in [0.5, 0.6) is 0 Å². The summed E-state index contributed by atoms with van der Waals surface area (Å²) in [4.78, 5) is 11.8. The molecule has 5 heteroatoms. The van der Waals surface area contributed by atoms with Crippen LogP contribution in [0.15, 0.2) is 6.20 Å². The molecular weight excluding hydrogens is 192 g/mol. The summed E-state index contributed by atoms with van der Waals surface area (Å²) in [5, 5.41) is 12.8. The number of anilines is 1. The highest BCUT2D eigenvalue weighted by molar-refractivity contribution is 5.92. The van der Waals surface area contributed by atoms with Gasteiger partial charge in [0.05, 0.1) is 17.6 Å². The first-order valence-electron chi connectivity index (χ1n) is 5.29. The number of hydrogen-bond acceptors (Lipinski definition) is 3. The number of piperidine rings is 1. The maximum atomic E-state index is 11.8. The normalized spacial score (nSPS) is 17.7. The molecule has 5 nitrogen and oxygen atoms in total. The predicted molar refractivity (Wildman–Crippen MR) is 57.5 cm³/mol. The van der Waals surface area contributed by atoms with Crippen LogP contribution in [-0.4, -0.2) is 29.2 Å². The second-order valence-electron chi connectivity index (χ2n) is 3.92. The highest BCUT2D eigenvalue weighted by atomic mass is 16.1. The molecular formula is C10H16N4O. The molecule has 2 rings (SSSR count). The largest absolute Gasteiger partial charge is 0.323 e. The lowest BCUT2D eigenvalue weighted by Crippen LogP contribution is -2.34. The summed E-state index contributed by atoms with van der Waals surface area (Å²) in [5.74, 6) is 0.251. The summed E-state index contributed by atoms with van der Waals surface area (Å²) in [6, 6.07) is 0. The molecule has 1 saturated heterocycles. The van der Waals surface area contributed by atoms with Gasteiger partial charge in [0.25, 0.3) is 0 Å². The van der Waals surface area contributed by atoms with Gasteiger partial charge in [-0.1, -0.05) is 0 Å². The number of nitrogens with zero attached hydrogens (tertiary/aromatic N) is 1. The van der Waals surface area contributed by atoms with Gasteiger partial charge in [0.2, 0.25) is 5.91 Å². The zero-order chi connectivity index (χ0) is 10.7. The van der Waals surface area contributed by atoms with Gasteiger partial charge in [-0.15, -0.1) is 0 Å². The van der Waals surface area contributed by atoms with Crippen molar-refractivity contribution in [1.82, 2.24) is 15.5 Å². The van der Waals surface area contributed by atoms with Crippen LogP contribution in [0.25, 0.3) is 0 Å². The molecule has 1 aliphatic heterocycles. The van der Waals surface area contributed by atoms with E-state index >= 15 is 0 Å². The van der Waals surface area contributed by atoms with Gasteiger partial charge in [-0.25, -0.2) is 0 Å². The molecule has 0 aliphatic carbocycles. The van der Waals surface area contributed by atoms with Crippen molar-refractivity contribution in [1.29, 1.82) is 0 Å². The lowest BCUT2D eigenvalue weighted by Gasteiger charge is -2.21. The summed E-state index contributed by atoms with van der Waals surface area (Å²) in [7, 11) is 0. The van der Waals surface area contributed by atoms with E-state index in [1.54, 1.807) is 6.20 Å². The van der Waals surface area contributed by atoms with Gasteiger partial charge >= 0.3 is 0 Å². The molecule has 2 heterocycles. The van der Waals surface area contributed by atoms with Crippen molar-refractivity contribution in [2.45, 2.75) is 19.8 Å². The molecule has 0 atom stereocenters. The van der Waals surface area contributed by atoms with Gasteiger partial charge in [-0.3, -0.25) is 9.89 Å². The molecule has 0 saturated carbocycles. The third-order valence-corrected chi connectivity index (χ3v) is 2.80. The van der Waals surface area contributed by atoms with Crippen LogP contribution in [0.4, 0.5) is 5.69 Å². The van der Waals surface area contributed by atoms with E-state index in [-0.39, 0.29) is 11.8 Å². The standard InChI is InChI=1S/C10H16N4O/c1-7-9(6-12-14-7)13-10(15)8-2-4-11-5-3-8/h6,8,11H,2-5H2,1H3,(H,12,14)(H,13,15). The van der Waals surface area contributed by atoms with E-state index in [1.165, 1.54) is 0 Å². The number of aryl methyl sites for hydroxylation is 1. The molecule has 0 bridgehead atoms. The maximum Gasteiger partial charge on any atom is 0.227 e. The van der Waals surface area contributed by atoms with Crippen LogP contribution in [0.2, 0.25) is 0 Å². The first-order chi connectivity index (χ1) is 7.27. The first-order valence-corrected chi connectivity index (χ1v) is 5.29. The highest BCUT2D eigenvalue weighted by Crippen LogP contribution is 2.16. The second-order valence-corrected chi connectivity index (χ2v) is 3.92. The smallest absolute Gasteiger partial charge is 0.227 e. The quantitative estimate of drug-likeness (QED) is 0.668. The number of aromatic nitrogens is 2. The zero-order valence-corrected chi connectivity index (χ0v) is 8.84. The van der Waals surface area contributed by atoms with Crippen LogP contribution in [-0.2, 0) is 4.79 Å². The van der Waals surface area contributed by atoms with Crippen LogP contribution in [0.1, 0.15) is 18.5 Å². The average molecular weight is 208 g/mol. The molecule has 1 aliphatic rings. The van der Waals surface area contributed by atoms with Gasteiger partial charge in [0.15, 0.2) is 0 Å². The van der Waals surface area contributed by atoms with Crippen molar-refractivity contribution in [2.24, 2.45) is 5.92 Å². The van der Waals surface area contributed by atoms with Crippen LogP contribution < -0.4 is 10.6 Å². The Bertz CT molecular complexity index is 341. The van der Waals surface area contributed by atoms with E-state index in [1.807, 2.05) is 6.92 Å². The fourth-order valence-electron chi connectivity index (χ4n) is 1.80. The summed E-state index contributed by atoms with van der Waals surface area (Å²) in [6.07, 6.45) is 3.49. The maximum absolute atomic E-state index is 11.8. The Kier molecular flexibility index (Phi) is 3.01. The lowest BCUT2D eigenvalue weighted by atomic mass is 9.97. The van der Waals surface area contributed by atoms with Crippen molar-refractivity contribution in [3.05, 3.63) is 11.9 Å². The second kappa shape index (κ2) is 4.44. The first kappa shape index (κ1) is 10.2. The SMILES string of the molecule is Cc1[nH]ncc1NC(=O)C1CCNCC1. The molecule has 0 unspecified atom stereocenters. The number of aromatic amines is 1. The number of carbonyl (C=O) groups excluding carboxylic acids is 1. The molecule has 15 heavy (non-hydrogen) atoms. The van der Waals surface area contributed by atoms with Gasteiger partial charge in [-0.05, 0) is 32.9 Å². The number of rotatable bonds is 2. The molecule has 0 radical (unpaired) electrons. The van der Waals surface area contributed by atoms with Gasteiger partial charge in [0.1, 0.15) is 0 Å². The van der Waals surface area contributed by atoms with Crippen LogP contribution in [0.3, 0.4) is 0 Å². The molecule has 3 N–H and O–H groups in total. The lowest BCUT2D eigenvalue weighted by molar-refractivity contribution is -0.120. The molecule has 1 aromatic rings. The van der Waals surface area contributed by atoms with Gasteiger partial charge in [-0.2, -0.15) is 5.10 Å². The van der Waals surface area contributed by atoms with E-state index in [4.69, 9.17) is 0 Å². The zero-order valence-electron chi connectivity index (χ0n) is 8.84.